The van der Waals surface area contributed by atoms with Crippen LogP contribution in [0.3, 0.4) is 0 Å². The highest BCUT2D eigenvalue weighted by atomic mass is 16.5. The van der Waals surface area contributed by atoms with Gasteiger partial charge in [0.15, 0.2) is 17.5 Å². The van der Waals surface area contributed by atoms with Gasteiger partial charge < -0.3 is 9.30 Å². The Morgan fingerprint density at radius 2 is 0.862 bits per heavy atom. The molecule has 11 rings (SSSR count). The smallest absolute Gasteiger partial charge is 0.164 e. The number of rotatable bonds is 4. The lowest BCUT2D eigenvalue weighted by molar-refractivity contribution is 0.472. The van der Waals surface area contributed by atoms with E-state index in [1.165, 1.54) is 27.6 Å². The Labute approximate surface area is 336 Å². The first-order chi connectivity index (χ1) is 28.7. The average Bonchev–Trinajstić information content (AvgIpc) is 3.59. The summed E-state index contributed by atoms with van der Waals surface area (Å²) >= 11 is 0. The van der Waals surface area contributed by atoms with Crippen LogP contribution >= 0.6 is 0 Å². The summed E-state index contributed by atoms with van der Waals surface area (Å²) in [5.74, 6) is 3.67. The van der Waals surface area contributed by atoms with Crippen LogP contribution in [0, 0.1) is 0 Å². The highest BCUT2D eigenvalue weighted by Crippen LogP contribution is 2.42. The third-order valence-corrected chi connectivity index (χ3v) is 11.2. The van der Waals surface area contributed by atoms with Gasteiger partial charge in [-0.25, -0.2) is 15.0 Å². The third kappa shape index (κ3) is 6.01. The summed E-state index contributed by atoms with van der Waals surface area (Å²) in [5, 5.41) is 2.34. The largest absolute Gasteiger partial charge is 0.457 e. The van der Waals surface area contributed by atoms with Gasteiger partial charge in [-0.3, -0.25) is 0 Å². The van der Waals surface area contributed by atoms with Crippen LogP contribution in [0.2, 0.25) is 0 Å². The van der Waals surface area contributed by atoms with E-state index < -0.39 is 0 Å². The van der Waals surface area contributed by atoms with E-state index >= 15 is 0 Å². The van der Waals surface area contributed by atoms with Gasteiger partial charge in [-0.05, 0) is 75.8 Å². The molecular formula is C53H36N4O. The van der Waals surface area contributed by atoms with Gasteiger partial charge in [-0.15, -0.1) is 0 Å². The molecule has 8 aromatic carbocycles. The Kier molecular flexibility index (Phi) is 8.21. The molecule has 0 radical (unpaired) electrons. The first kappa shape index (κ1) is 33.7. The molecule has 5 nitrogen and oxygen atoms in total. The maximum atomic E-state index is 6.74. The lowest BCUT2D eigenvalue weighted by atomic mass is 9.89. The lowest BCUT2D eigenvalue weighted by Gasteiger charge is -2.16. The molecule has 0 amide bonds. The molecule has 3 heterocycles. The topological polar surface area (TPSA) is 52.8 Å². The fourth-order valence-corrected chi connectivity index (χ4v) is 8.40. The van der Waals surface area contributed by atoms with E-state index in [0.29, 0.717) is 23.9 Å². The van der Waals surface area contributed by atoms with Gasteiger partial charge in [0, 0.05) is 46.0 Å². The van der Waals surface area contributed by atoms with Gasteiger partial charge in [-0.2, -0.15) is 0 Å². The predicted molar refractivity (Wildman–Crippen MR) is 234 cm³/mol. The number of hydrogen-bond donors (Lipinski definition) is 0. The number of ether oxygens (including phenoxy) is 1. The van der Waals surface area contributed by atoms with Crippen LogP contribution in [-0.2, 0) is 12.8 Å². The minimum absolute atomic E-state index is 0.626. The van der Waals surface area contributed by atoms with E-state index in [2.05, 4.69) is 138 Å². The Hall–Kier alpha value is -7.63. The number of hydrogen-bond acceptors (Lipinski definition) is 4. The zero-order valence-corrected chi connectivity index (χ0v) is 31.6. The summed E-state index contributed by atoms with van der Waals surface area (Å²) in [6.45, 7) is 0. The monoisotopic (exact) mass is 744 g/mol. The van der Waals surface area contributed by atoms with E-state index in [9.17, 15) is 0 Å². The van der Waals surface area contributed by atoms with Crippen molar-refractivity contribution in [2.75, 3.05) is 0 Å². The molecular weight excluding hydrogens is 709 g/mol. The molecule has 0 unspecified atom stereocenters. The molecule has 0 spiro atoms. The standard InChI is InChI=1S/C53H36N4O/c1-4-16-35(17-5-1)51-54-52(36-18-6-2-7-19-36)56-53(55-51)40-28-29-44-46-34-45-41(33-48(46)57(47(44)32-40)42-23-8-3-9-24-42)31-39-22-12-15-27-50(39)58-49-26-14-11-21-38(49)30-37-20-10-13-25-43(37)45/h1-29,32-34H,30-31H2. The number of nitrogens with zero attached hydrogens (tertiary/aromatic N) is 4. The van der Waals surface area contributed by atoms with Crippen LogP contribution in [-0.4, -0.2) is 19.5 Å². The van der Waals surface area contributed by atoms with E-state index in [4.69, 9.17) is 19.7 Å². The third-order valence-electron chi connectivity index (χ3n) is 11.2. The number of fused-ring (bicyclic) bond motifs is 8. The Bertz CT molecular complexity index is 3080. The van der Waals surface area contributed by atoms with Crippen molar-refractivity contribution in [1.29, 1.82) is 0 Å². The highest BCUT2D eigenvalue weighted by Gasteiger charge is 2.22. The molecule has 0 atom stereocenters. The fraction of sp³-hybridized carbons (Fsp3) is 0.0377. The van der Waals surface area contributed by atoms with E-state index in [0.717, 1.165) is 67.8 Å². The van der Waals surface area contributed by atoms with Gasteiger partial charge >= 0.3 is 0 Å². The zero-order valence-electron chi connectivity index (χ0n) is 31.6. The van der Waals surface area contributed by atoms with Crippen LogP contribution in [0.5, 0.6) is 11.5 Å². The van der Waals surface area contributed by atoms with E-state index in [-0.39, 0.29) is 0 Å². The quantitative estimate of drug-likeness (QED) is 0.180. The summed E-state index contributed by atoms with van der Waals surface area (Å²) in [6.07, 6.45) is 1.46. The van der Waals surface area contributed by atoms with E-state index in [1.54, 1.807) is 0 Å². The highest BCUT2D eigenvalue weighted by molar-refractivity contribution is 6.12. The van der Waals surface area contributed by atoms with Gasteiger partial charge in [0.25, 0.3) is 0 Å². The maximum absolute atomic E-state index is 6.74. The summed E-state index contributed by atoms with van der Waals surface area (Å²) < 4.78 is 9.13. The lowest BCUT2D eigenvalue weighted by Crippen LogP contribution is -2.00. The first-order valence-electron chi connectivity index (χ1n) is 19.7. The first-order valence-corrected chi connectivity index (χ1v) is 19.7. The Morgan fingerprint density at radius 1 is 0.362 bits per heavy atom. The van der Waals surface area contributed by atoms with Crippen molar-refractivity contribution in [3.8, 4) is 62.5 Å². The minimum atomic E-state index is 0.626. The van der Waals surface area contributed by atoms with Crippen LogP contribution in [0.25, 0.3) is 72.8 Å². The van der Waals surface area contributed by atoms with Gasteiger partial charge in [0.2, 0.25) is 0 Å². The van der Waals surface area contributed by atoms with Gasteiger partial charge in [0.05, 0.1) is 11.0 Å². The Balaban J connectivity index is 1.17. The predicted octanol–water partition coefficient (Wildman–Crippen LogP) is 12.9. The normalized spacial score (nSPS) is 12.1. The summed E-state index contributed by atoms with van der Waals surface area (Å²) in [4.78, 5) is 15.1. The van der Waals surface area contributed by atoms with Crippen LogP contribution in [0.1, 0.15) is 22.3 Å². The molecule has 0 aliphatic carbocycles. The average molecular weight is 745 g/mol. The number of para-hydroxylation sites is 3. The maximum Gasteiger partial charge on any atom is 0.164 e. The van der Waals surface area contributed by atoms with Crippen molar-refractivity contribution in [3.63, 3.8) is 0 Å². The molecule has 58 heavy (non-hydrogen) atoms. The molecule has 1 aliphatic rings. The molecule has 0 saturated heterocycles. The van der Waals surface area contributed by atoms with Gasteiger partial charge in [-0.1, -0.05) is 152 Å². The molecule has 0 saturated carbocycles. The number of benzene rings is 8. The molecule has 0 bridgehead atoms. The van der Waals surface area contributed by atoms with Crippen molar-refractivity contribution in [1.82, 2.24) is 19.5 Å². The van der Waals surface area contributed by atoms with Crippen molar-refractivity contribution in [2.45, 2.75) is 12.8 Å². The van der Waals surface area contributed by atoms with Crippen LogP contribution in [0.4, 0.5) is 0 Å². The van der Waals surface area contributed by atoms with Crippen molar-refractivity contribution in [3.05, 3.63) is 216 Å². The van der Waals surface area contributed by atoms with Crippen molar-refractivity contribution in [2.24, 2.45) is 0 Å². The second kappa shape index (κ2) is 14.1. The van der Waals surface area contributed by atoms with Gasteiger partial charge in [0.1, 0.15) is 11.5 Å². The molecule has 10 aromatic rings. The van der Waals surface area contributed by atoms with Crippen molar-refractivity contribution >= 4 is 21.8 Å². The van der Waals surface area contributed by atoms with E-state index in [1.807, 2.05) is 60.7 Å². The summed E-state index contributed by atoms with van der Waals surface area (Å²) in [7, 11) is 0. The zero-order chi connectivity index (χ0) is 38.4. The molecule has 274 valence electrons. The summed E-state index contributed by atoms with van der Waals surface area (Å²) in [5.41, 5.74) is 13.4. The van der Waals surface area contributed by atoms with Crippen molar-refractivity contribution < 1.29 is 4.74 Å². The fourth-order valence-electron chi connectivity index (χ4n) is 8.40. The number of aromatic nitrogens is 4. The SMILES string of the molecule is c1ccc(-c2nc(-c3ccccc3)nc(-c3ccc4c5cc6c(cc5n(-c5ccccc5)c4c3)Cc3ccccc3Oc3ccccc3Cc3ccccc3-6)n2)cc1. The Morgan fingerprint density at radius 3 is 1.50 bits per heavy atom. The molecule has 1 aliphatic heterocycles. The van der Waals surface area contributed by atoms with Crippen LogP contribution in [0.15, 0.2) is 194 Å². The molecule has 0 fully saturated rings. The molecule has 2 aromatic heterocycles. The van der Waals surface area contributed by atoms with Crippen LogP contribution < -0.4 is 4.74 Å². The second-order valence-electron chi connectivity index (χ2n) is 14.8. The molecule has 5 heteroatoms. The molecule has 0 N–H and O–H groups in total. The minimum Gasteiger partial charge on any atom is -0.457 e. The summed E-state index contributed by atoms with van der Waals surface area (Å²) in [6, 6.07) is 68.1. The second-order valence-corrected chi connectivity index (χ2v) is 14.8.